The Bertz CT molecular complexity index is 22.8. The van der Waals surface area contributed by atoms with Gasteiger partial charge in [0.25, 0.3) is 0 Å². The maximum absolute atomic E-state index is 11.1. The van der Waals surface area contributed by atoms with Gasteiger partial charge in [-0.2, -0.15) is 0 Å². The van der Waals surface area contributed by atoms with Crippen molar-refractivity contribution in [3.8, 4) is 0 Å². The van der Waals surface area contributed by atoms with Gasteiger partial charge in [-0.05, 0) is 0 Å². The van der Waals surface area contributed by atoms with Crippen LogP contribution in [0.4, 0.5) is 4.39 Å². The lowest BCUT2D eigenvalue weighted by Gasteiger charge is -1.89. The van der Waals surface area contributed by atoms with Gasteiger partial charge in [0, 0.05) is 0 Å². The van der Waals surface area contributed by atoms with Gasteiger partial charge in [-0.3, -0.25) is 0 Å². The quantitative estimate of drug-likeness (QED) is 0.368. The second-order valence-electron chi connectivity index (χ2n) is 0.886. The maximum Gasteiger partial charge on any atom is 0.158 e. The van der Waals surface area contributed by atoms with Crippen LogP contribution in [0.25, 0.3) is 0 Å². The van der Waals surface area contributed by atoms with E-state index in [1.165, 1.54) is 0 Å². The molecule has 0 aromatic rings. The van der Waals surface area contributed by atoms with Gasteiger partial charge in [0.15, 0.2) is 9.76 Å². The van der Waals surface area contributed by atoms with E-state index in [-0.39, 0.29) is 16.4 Å². The molecule has 6 heavy (non-hydrogen) atoms. The first kappa shape index (κ1) is 6.11. The fourth-order valence-electron chi connectivity index (χ4n) is 0.199. The number of alkyl halides is 1. The molecule has 38 valence electrons. The van der Waals surface area contributed by atoms with Crippen LogP contribution in [0.3, 0.4) is 0 Å². The number of rotatable bonds is 3. The molecule has 0 aromatic heterocycles. The van der Waals surface area contributed by atoms with Crippen LogP contribution in [0.15, 0.2) is 0 Å². The molecular formula is C3H9FOSi. The van der Waals surface area contributed by atoms with E-state index < -0.39 is 0 Å². The third kappa shape index (κ3) is 4.11. The molecule has 0 heterocycles. The van der Waals surface area contributed by atoms with E-state index in [2.05, 4.69) is 0 Å². The Balaban J connectivity index is 2.34. The molecule has 0 rings (SSSR count). The van der Waals surface area contributed by atoms with E-state index >= 15 is 0 Å². The summed E-state index contributed by atoms with van der Waals surface area (Å²) in [6.07, 6.45) is 0. The Hall–Kier alpha value is 0.107. The summed E-state index contributed by atoms with van der Waals surface area (Å²) in [4.78, 5) is 0. The number of hydrogen-bond donors (Lipinski definition) is 0. The zero-order valence-electron chi connectivity index (χ0n) is 3.91. The number of halogens is 1. The average Bonchev–Trinajstić information content (AvgIpc) is 1.61. The van der Waals surface area contributed by atoms with Gasteiger partial charge in [-0.25, -0.2) is 4.39 Å². The van der Waals surface area contributed by atoms with Gasteiger partial charge < -0.3 is 4.43 Å². The van der Waals surface area contributed by atoms with Crippen LogP contribution in [-0.2, 0) is 4.43 Å². The van der Waals surface area contributed by atoms with E-state index in [0.29, 0.717) is 6.61 Å². The van der Waals surface area contributed by atoms with Crippen molar-refractivity contribution in [1.82, 2.24) is 0 Å². The van der Waals surface area contributed by atoms with E-state index in [1.54, 1.807) is 0 Å². The molecule has 0 aliphatic rings. The van der Waals surface area contributed by atoms with Crippen molar-refractivity contribution >= 4 is 9.76 Å². The van der Waals surface area contributed by atoms with Gasteiger partial charge in [-0.1, -0.05) is 6.55 Å². The van der Waals surface area contributed by atoms with Crippen molar-refractivity contribution < 1.29 is 8.82 Å². The smallest absolute Gasteiger partial charge is 0.158 e. The first-order valence-electron chi connectivity index (χ1n) is 2.05. The normalized spacial score (nSPS) is 11.0. The fourth-order valence-corrected chi connectivity index (χ4v) is 0.597. The summed E-state index contributed by atoms with van der Waals surface area (Å²) in [6, 6.07) is 0. The van der Waals surface area contributed by atoms with Crippen LogP contribution in [0.2, 0.25) is 6.55 Å². The SMILES string of the molecule is C[SiH2]OCCF. The highest BCUT2D eigenvalue weighted by Crippen LogP contribution is 1.69. The molecule has 0 radical (unpaired) electrons. The molecule has 0 N–H and O–H groups in total. The van der Waals surface area contributed by atoms with Gasteiger partial charge >= 0.3 is 0 Å². The summed E-state index contributed by atoms with van der Waals surface area (Å²) in [5.41, 5.74) is 0. The van der Waals surface area contributed by atoms with E-state index in [1.807, 2.05) is 6.55 Å². The standard InChI is InChI=1S/C3H9FOSi/c1-6-5-3-2-4/h2-3,6H2,1H3. The second-order valence-corrected chi connectivity index (χ2v) is 1.87. The predicted molar refractivity (Wildman–Crippen MR) is 26.3 cm³/mol. The molecule has 0 spiro atoms. The molecular weight excluding hydrogens is 99.1 g/mol. The topological polar surface area (TPSA) is 9.23 Å². The molecule has 0 saturated heterocycles. The summed E-state index contributed by atoms with van der Waals surface area (Å²) in [6.45, 7) is 1.96. The Kier molecular flexibility index (Phi) is 5.20. The molecule has 0 bridgehead atoms. The first-order chi connectivity index (χ1) is 2.91. The minimum absolute atomic E-state index is 0.308. The van der Waals surface area contributed by atoms with E-state index in [0.717, 1.165) is 0 Å². The largest absolute Gasteiger partial charge is 0.422 e. The second kappa shape index (κ2) is 5.11. The van der Waals surface area contributed by atoms with E-state index in [9.17, 15) is 4.39 Å². The van der Waals surface area contributed by atoms with Crippen LogP contribution < -0.4 is 0 Å². The minimum atomic E-state index is -0.337. The van der Waals surface area contributed by atoms with Crippen LogP contribution in [0, 0.1) is 0 Å². The van der Waals surface area contributed by atoms with Crippen molar-refractivity contribution in [3.05, 3.63) is 0 Å². The third-order valence-electron chi connectivity index (χ3n) is 0.426. The fraction of sp³-hybridized carbons (Fsp3) is 1.00. The third-order valence-corrected chi connectivity index (χ3v) is 1.12. The van der Waals surface area contributed by atoms with Gasteiger partial charge in [0.2, 0.25) is 0 Å². The summed E-state index contributed by atoms with van der Waals surface area (Å²) in [5, 5.41) is 0. The lowest BCUT2D eigenvalue weighted by atomic mass is 10.9. The number of hydrogen-bond acceptors (Lipinski definition) is 1. The molecule has 0 fully saturated rings. The van der Waals surface area contributed by atoms with Gasteiger partial charge in [0.05, 0.1) is 6.61 Å². The first-order valence-corrected chi connectivity index (χ1v) is 4.04. The maximum atomic E-state index is 11.1. The molecule has 3 heteroatoms. The van der Waals surface area contributed by atoms with Gasteiger partial charge in [-0.15, -0.1) is 0 Å². The molecule has 0 atom stereocenters. The molecule has 0 aliphatic heterocycles. The van der Waals surface area contributed by atoms with Crippen LogP contribution in [-0.4, -0.2) is 23.0 Å². The minimum Gasteiger partial charge on any atom is -0.422 e. The van der Waals surface area contributed by atoms with Crippen molar-refractivity contribution in [2.75, 3.05) is 13.3 Å². The zero-order chi connectivity index (χ0) is 4.83. The molecule has 0 aliphatic carbocycles. The molecule has 1 nitrogen and oxygen atoms in total. The van der Waals surface area contributed by atoms with Crippen molar-refractivity contribution in [2.45, 2.75) is 6.55 Å². The summed E-state index contributed by atoms with van der Waals surface area (Å²) in [7, 11) is -0.337. The van der Waals surface area contributed by atoms with E-state index in [4.69, 9.17) is 4.43 Å². The van der Waals surface area contributed by atoms with Crippen LogP contribution >= 0.6 is 0 Å². The highest BCUT2D eigenvalue weighted by Gasteiger charge is 1.76. The van der Waals surface area contributed by atoms with Crippen molar-refractivity contribution in [3.63, 3.8) is 0 Å². The van der Waals surface area contributed by atoms with Crippen molar-refractivity contribution in [1.29, 1.82) is 0 Å². The van der Waals surface area contributed by atoms with Gasteiger partial charge in [0.1, 0.15) is 6.67 Å². The Labute approximate surface area is 39.4 Å². The lowest BCUT2D eigenvalue weighted by molar-refractivity contribution is 0.287. The summed E-state index contributed by atoms with van der Waals surface area (Å²) < 4.78 is 15.8. The summed E-state index contributed by atoms with van der Waals surface area (Å²) >= 11 is 0. The average molecular weight is 108 g/mol. The summed E-state index contributed by atoms with van der Waals surface area (Å²) in [5.74, 6) is 0. The Morgan fingerprint density at radius 2 is 2.50 bits per heavy atom. The molecule has 0 aromatic carbocycles. The van der Waals surface area contributed by atoms with Crippen LogP contribution in [0.5, 0.6) is 0 Å². The molecule has 0 amide bonds. The van der Waals surface area contributed by atoms with Crippen molar-refractivity contribution in [2.24, 2.45) is 0 Å². The molecule has 0 saturated carbocycles. The highest BCUT2D eigenvalue weighted by molar-refractivity contribution is 6.24. The molecule has 0 unspecified atom stereocenters. The predicted octanol–water partition coefficient (Wildman–Crippen LogP) is 0.104. The Morgan fingerprint density at radius 3 is 2.67 bits per heavy atom. The lowest BCUT2D eigenvalue weighted by Crippen LogP contribution is -1.96. The highest BCUT2D eigenvalue weighted by atomic mass is 28.2. The van der Waals surface area contributed by atoms with Crippen LogP contribution in [0.1, 0.15) is 0 Å². The zero-order valence-corrected chi connectivity index (χ0v) is 5.32. The monoisotopic (exact) mass is 108 g/mol. The Morgan fingerprint density at radius 1 is 1.83 bits per heavy atom.